The van der Waals surface area contributed by atoms with Crippen LogP contribution < -0.4 is 0 Å². The molecular weight excluding hydrogens is 619 g/mol. The van der Waals surface area contributed by atoms with Crippen LogP contribution in [0.4, 0.5) is 0 Å². The van der Waals surface area contributed by atoms with E-state index in [0.717, 1.165) is 50.3 Å². The minimum absolute atomic E-state index is 0.511. The van der Waals surface area contributed by atoms with E-state index in [0.29, 0.717) is 11.4 Å². The Balaban J connectivity index is 1.12. The molecule has 3 nitrogen and oxygen atoms in total. The predicted octanol–water partition coefficient (Wildman–Crippen LogP) is 11.4. The third-order valence-electron chi connectivity index (χ3n) is 10.6. The fourth-order valence-corrected chi connectivity index (χ4v) is 8.36. The maximum absolute atomic E-state index is 10.3. The Bertz CT molecular complexity index is 2580. The summed E-state index contributed by atoms with van der Waals surface area (Å²) in [5.74, 6) is 0.702. The van der Waals surface area contributed by atoms with E-state index in [1.165, 1.54) is 33.4 Å². The maximum Gasteiger partial charge on any atom is 0.160 e. The van der Waals surface area contributed by atoms with Gasteiger partial charge in [-0.2, -0.15) is 5.26 Å². The summed E-state index contributed by atoms with van der Waals surface area (Å²) in [5.41, 5.74) is 16.9. The largest absolute Gasteiger partial charge is 0.228 e. The minimum atomic E-state index is -0.511. The molecule has 1 spiro atoms. The molecule has 236 valence electrons. The van der Waals surface area contributed by atoms with E-state index in [1.807, 2.05) is 48.5 Å². The van der Waals surface area contributed by atoms with E-state index < -0.39 is 5.41 Å². The van der Waals surface area contributed by atoms with Gasteiger partial charge in [-0.3, -0.25) is 0 Å². The van der Waals surface area contributed by atoms with Crippen LogP contribution in [0.1, 0.15) is 27.8 Å². The maximum atomic E-state index is 10.3. The molecule has 0 atom stereocenters. The summed E-state index contributed by atoms with van der Waals surface area (Å²) in [7, 11) is 0. The number of hydrogen-bond acceptors (Lipinski definition) is 3. The SMILES string of the molecule is N#Cc1cccc2c1-c1ccc(-c3ccc(-c4cc(-c5ccccc5)nc(-c5ccccc5)n4)cc3)cc1C21c2ccccc2-c2ccccc21. The molecule has 1 aromatic heterocycles. The summed E-state index contributed by atoms with van der Waals surface area (Å²) in [5, 5.41) is 10.3. The van der Waals surface area contributed by atoms with Crippen molar-refractivity contribution in [3.8, 4) is 73.4 Å². The molecule has 0 saturated heterocycles. The second kappa shape index (κ2) is 11.3. The van der Waals surface area contributed by atoms with E-state index in [-0.39, 0.29) is 0 Å². The summed E-state index contributed by atoms with van der Waals surface area (Å²) in [6.45, 7) is 0. The van der Waals surface area contributed by atoms with Crippen molar-refractivity contribution in [3.05, 3.63) is 204 Å². The van der Waals surface area contributed by atoms with Gasteiger partial charge in [-0.25, -0.2) is 9.97 Å². The van der Waals surface area contributed by atoms with E-state index in [1.54, 1.807) is 0 Å². The average molecular weight is 648 g/mol. The van der Waals surface area contributed by atoms with E-state index in [9.17, 15) is 5.26 Å². The van der Waals surface area contributed by atoms with Crippen LogP contribution in [0.3, 0.4) is 0 Å². The van der Waals surface area contributed by atoms with Gasteiger partial charge in [0.05, 0.1) is 28.4 Å². The first-order valence-electron chi connectivity index (χ1n) is 17.2. The van der Waals surface area contributed by atoms with Crippen molar-refractivity contribution in [1.82, 2.24) is 9.97 Å². The van der Waals surface area contributed by atoms with Gasteiger partial charge in [0.1, 0.15) is 0 Å². The Hall–Kier alpha value is -6.89. The number of nitrogens with zero attached hydrogens (tertiary/aromatic N) is 3. The van der Waals surface area contributed by atoms with Crippen molar-refractivity contribution in [2.75, 3.05) is 0 Å². The molecule has 0 radical (unpaired) electrons. The highest BCUT2D eigenvalue weighted by atomic mass is 14.9. The number of aromatic nitrogens is 2. The van der Waals surface area contributed by atoms with E-state index >= 15 is 0 Å². The standard InChI is InChI=1S/C48H29N3/c49-30-36-16-11-21-42-46(36)39-27-26-35(28-43(39)48(42)40-19-9-7-17-37(40)38-18-8-10-20-41(38)48)31-22-24-33(25-23-31)45-29-44(32-12-3-1-4-13-32)50-47(51-45)34-14-5-2-6-15-34/h1-29H. The lowest BCUT2D eigenvalue weighted by Crippen LogP contribution is -2.25. The molecule has 0 unspecified atom stereocenters. The first-order chi connectivity index (χ1) is 25.2. The first-order valence-corrected chi connectivity index (χ1v) is 17.2. The summed E-state index contributed by atoms with van der Waals surface area (Å²) in [6.07, 6.45) is 0. The Morgan fingerprint density at radius 2 is 0.922 bits per heavy atom. The smallest absolute Gasteiger partial charge is 0.160 e. The highest BCUT2D eigenvalue weighted by Gasteiger charge is 2.52. The Kier molecular flexibility index (Phi) is 6.46. The molecule has 0 fully saturated rings. The average Bonchev–Trinajstić information content (AvgIpc) is 3.68. The van der Waals surface area contributed by atoms with Crippen LogP contribution in [0.5, 0.6) is 0 Å². The zero-order chi connectivity index (χ0) is 33.9. The second-order valence-electron chi connectivity index (χ2n) is 13.2. The molecule has 2 aliphatic carbocycles. The van der Waals surface area contributed by atoms with Crippen LogP contribution in [0.2, 0.25) is 0 Å². The van der Waals surface area contributed by atoms with Gasteiger partial charge in [-0.1, -0.05) is 158 Å². The third-order valence-corrected chi connectivity index (χ3v) is 10.6. The van der Waals surface area contributed by atoms with Crippen molar-refractivity contribution in [1.29, 1.82) is 5.26 Å². The van der Waals surface area contributed by atoms with Gasteiger partial charge in [0.25, 0.3) is 0 Å². The van der Waals surface area contributed by atoms with Gasteiger partial charge in [0.2, 0.25) is 0 Å². The van der Waals surface area contributed by atoms with Crippen molar-refractivity contribution >= 4 is 0 Å². The van der Waals surface area contributed by atoms with Gasteiger partial charge >= 0.3 is 0 Å². The molecule has 51 heavy (non-hydrogen) atoms. The van der Waals surface area contributed by atoms with Gasteiger partial charge in [-0.15, -0.1) is 0 Å². The van der Waals surface area contributed by atoms with Crippen molar-refractivity contribution < 1.29 is 0 Å². The Morgan fingerprint density at radius 3 is 1.57 bits per heavy atom. The number of hydrogen-bond donors (Lipinski definition) is 0. The molecule has 0 aliphatic heterocycles. The summed E-state index contributed by atoms with van der Waals surface area (Å²) < 4.78 is 0. The van der Waals surface area contributed by atoms with Crippen molar-refractivity contribution in [2.24, 2.45) is 0 Å². The van der Waals surface area contributed by atoms with Crippen molar-refractivity contribution in [3.63, 3.8) is 0 Å². The minimum Gasteiger partial charge on any atom is -0.228 e. The number of benzene rings is 7. The molecule has 2 aliphatic rings. The van der Waals surface area contributed by atoms with E-state index in [4.69, 9.17) is 9.97 Å². The van der Waals surface area contributed by atoms with Crippen LogP contribution >= 0.6 is 0 Å². The monoisotopic (exact) mass is 647 g/mol. The summed E-state index contributed by atoms with van der Waals surface area (Å²) in [4.78, 5) is 10.0. The van der Waals surface area contributed by atoms with Gasteiger partial charge in [0, 0.05) is 22.3 Å². The Morgan fingerprint density at radius 1 is 0.392 bits per heavy atom. The second-order valence-corrected chi connectivity index (χ2v) is 13.2. The number of fused-ring (bicyclic) bond motifs is 10. The van der Waals surface area contributed by atoms with Crippen LogP contribution in [0, 0.1) is 11.3 Å². The van der Waals surface area contributed by atoms with E-state index in [2.05, 4.69) is 133 Å². The zero-order valence-corrected chi connectivity index (χ0v) is 27.6. The van der Waals surface area contributed by atoms with Gasteiger partial charge in [0.15, 0.2) is 5.82 Å². The van der Waals surface area contributed by atoms with Gasteiger partial charge < -0.3 is 0 Å². The molecular formula is C48H29N3. The van der Waals surface area contributed by atoms with Crippen LogP contribution in [0.25, 0.3) is 67.3 Å². The lowest BCUT2D eigenvalue weighted by atomic mass is 9.70. The lowest BCUT2D eigenvalue weighted by Gasteiger charge is -2.30. The molecule has 0 bridgehead atoms. The molecule has 0 amide bonds. The molecule has 0 saturated carbocycles. The highest BCUT2D eigenvalue weighted by molar-refractivity contribution is 5.97. The molecule has 7 aromatic carbocycles. The van der Waals surface area contributed by atoms with Crippen LogP contribution in [0.15, 0.2) is 176 Å². The normalized spacial score (nSPS) is 12.8. The summed E-state index contributed by atoms with van der Waals surface area (Å²) >= 11 is 0. The van der Waals surface area contributed by atoms with Crippen LogP contribution in [-0.4, -0.2) is 9.97 Å². The molecule has 0 N–H and O–H groups in total. The lowest BCUT2D eigenvalue weighted by molar-refractivity contribution is 0.794. The zero-order valence-electron chi connectivity index (χ0n) is 27.6. The fourth-order valence-electron chi connectivity index (χ4n) is 8.36. The number of nitriles is 1. The van der Waals surface area contributed by atoms with Crippen LogP contribution in [-0.2, 0) is 5.41 Å². The predicted molar refractivity (Wildman–Crippen MR) is 205 cm³/mol. The third kappa shape index (κ3) is 4.30. The summed E-state index contributed by atoms with van der Waals surface area (Å²) in [6, 6.07) is 64.2. The molecule has 8 aromatic rings. The molecule has 3 heteroatoms. The van der Waals surface area contributed by atoms with Crippen molar-refractivity contribution in [2.45, 2.75) is 5.41 Å². The first kappa shape index (κ1) is 29.1. The quantitative estimate of drug-likeness (QED) is 0.191. The van der Waals surface area contributed by atoms with Gasteiger partial charge in [-0.05, 0) is 68.3 Å². The number of rotatable bonds is 4. The highest BCUT2D eigenvalue weighted by Crippen LogP contribution is 2.63. The fraction of sp³-hybridized carbons (Fsp3) is 0.0208. The molecule has 10 rings (SSSR count). The topological polar surface area (TPSA) is 49.6 Å². The Labute approximate surface area is 296 Å². The molecule has 1 heterocycles.